The van der Waals surface area contributed by atoms with Gasteiger partial charge in [0.05, 0.1) is 7.11 Å². The van der Waals surface area contributed by atoms with Crippen molar-refractivity contribution in [3.63, 3.8) is 0 Å². The van der Waals surface area contributed by atoms with E-state index in [-0.39, 0.29) is 24.5 Å². The summed E-state index contributed by atoms with van der Waals surface area (Å²) in [7, 11) is 1.61. The predicted octanol–water partition coefficient (Wildman–Crippen LogP) is 4.25. The first-order chi connectivity index (χ1) is 15.5. The average Bonchev–Trinajstić information content (AvgIpc) is 2.82. The van der Waals surface area contributed by atoms with E-state index in [0.717, 1.165) is 36.8 Å². The van der Waals surface area contributed by atoms with E-state index >= 15 is 0 Å². The van der Waals surface area contributed by atoms with E-state index in [1.807, 2.05) is 55.5 Å². The number of carbonyl (C=O) groups is 2. The van der Waals surface area contributed by atoms with E-state index < -0.39 is 6.04 Å². The molecule has 0 bridgehead atoms. The highest BCUT2D eigenvalue weighted by Crippen LogP contribution is 2.20. The number of methoxy groups -OCH3 is 1. The number of hydrogen-bond acceptors (Lipinski definition) is 4. The molecule has 0 heterocycles. The Bertz CT molecular complexity index is 891. The lowest BCUT2D eigenvalue weighted by Crippen LogP contribution is -2.51. The Morgan fingerprint density at radius 3 is 2.47 bits per heavy atom. The van der Waals surface area contributed by atoms with Crippen LogP contribution in [0.1, 0.15) is 50.2 Å². The Hall–Kier alpha value is -3.02. The van der Waals surface area contributed by atoms with Crippen molar-refractivity contribution in [3.05, 3.63) is 59.7 Å². The molecule has 0 aromatic heterocycles. The molecule has 0 spiro atoms. The van der Waals surface area contributed by atoms with Crippen LogP contribution in [0.5, 0.6) is 11.5 Å². The second-order valence-electron chi connectivity index (χ2n) is 8.49. The Morgan fingerprint density at radius 1 is 1.06 bits per heavy atom. The van der Waals surface area contributed by atoms with Crippen molar-refractivity contribution < 1.29 is 19.1 Å². The number of amides is 2. The smallest absolute Gasteiger partial charge is 0.261 e. The highest BCUT2D eigenvalue weighted by atomic mass is 16.5. The summed E-state index contributed by atoms with van der Waals surface area (Å²) in [5, 5.41) is 3.14. The summed E-state index contributed by atoms with van der Waals surface area (Å²) >= 11 is 0. The average molecular weight is 439 g/mol. The quantitative estimate of drug-likeness (QED) is 0.636. The number of hydrogen-bond donors (Lipinski definition) is 1. The van der Waals surface area contributed by atoms with Gasteiger partial charge in [0.15, 0.2) is 6.61 Å². The van der Waals surface area contributed by atoms with Crippen LogP contribution in [-0.4, -0.2) is 42.5 Å². The van der Waals surface area contributed by atoms with E-state index in [9.17, 15) is 9.59 Å². The van der Waals surface area contributed by atoms with Crippen LogP contribution in [-0.2, 0) is 16.1 Å². The Labute approximate surface area is 190 Å². The number of nitrogens with zero attached hydrogens (tertiary/aromatic N) is 1. The van der Waals surface area contributed by atoms with Gasteiger partial charge in [0.25, 0.3) is 5.91 Å². The first-order valence-corrected chi connectivity index (χ1v) is 11.4. The second-order valence-corrected chi connectivity index (χ2v) is 8.49. The fraction of sp³-hybridized carbons (Fsp3) is 0.462. The van der Waals surface area contributed by atoms with Crippen molar-refractivity contribution in [2.75, 3.05) is 13.7 Å². The second kappa shape index (κ2) is 11.6. The van der Waals surface area contributed by atoms with Crippen LogP contribution in [0.3, 0.4) is 0 Å². The van der Waals surface area contributed by atoms with Crippen LogP contribution in [0.15, 0.2) is 48.5 Å². The maximum Gasteiger partial charge on any atom is 0.261 e. The van der Waals surface area contributed by atoms with Crippen molar-refractivity contribution in [2.24, 2.45) is 0 Å². The Kier molecular flexibility index (Phi) is 8.54. The van der Waals surface area contributed by atoms with Gasteiger partial charge in [0.2, 0.25) is 5.91 Å². The van der Waals surface area contributed by atoms with E-state index in [4.69, 9.17) is 9.47 Å². The van der Waals surface area contributed by atoms with Gasteiger partial charge in [-0.1, -0.05) is 49.1 Å². The van der Waals surface area contributed by atoms with Gasteiger partial charge in [0, 0.05) is 12.6 Å². The minimum absolute atomic E-state index is 0.122. The molecular formula is C26H34N2O4. The summed E-state index contributed by atoms with van der Waals surface area (Å²) in [6, 6.07) is 14.7. The standard InChI is InChI=1S/C26H34N2O4/c1-19-12-14-23(15-13-19)32-18-25(29)28(17-21-8-7-11-24(16-21)31-3)20(2)26(30)27-22-9-5-4-6-10-22/h7-8,11-16,20,22H,4-6,9-10,17-18H2,1-3H3,(H,27,30)/t20-/m0/s1. The molecule has 1 aliphatic rings. The normalized spacial score (nSPS) is 15.0. The van der Waals surface area contributed by atoms with Gasteiger partial charge in [-0.25, -0.2) is 0 Å². The molecular weight excluding hydrogens is 404 g/mol. The minimum Gasteiger partial charge on any atom is -0.497 e. The lowest BCUT2D eigenvalue weighted by Gasteiger charge is -2.31. The Morgan fingerprint density at radius 2 is 1.78 bits per heavy atom. The van der Waals surface area contributed by atoms with E-state index in [1.54, 1.807) is 18.9 Å². The van der Waals surface area contributed by atoms with Gasteiger partial charge < -0.3 is 19.7 Å². The zero-order valence-electron chi connectivity index (χ0n) is 19.3. The summed E-state index contributed by atoms with van der Waals surface area (Å²) in [6.45, 7) is 3.94. The molecule has 1 saturated carbocycles. The van der Waals surface area contributed by atoms with Gasteiger partial charge in [0.1, 0.15) is 17.5 Å². The fourth-order valence-corrected chi connectivity index (χ4v) is 3.98. The lowest BCUT2D eigenvalue weighted by molar-refractivity contribution is -0.142. The Balaban J connectivity index is 1.71. The molecule has 3 rings (SSSR count). The summed E-state index contributed by atoms with van der Waals surface area (Å²) in [5.74, 6) is 0.984. The first kappa shape index (κ1) is 23.6. The summed E-state index contributed by atoms with van der Waals surface area (Å²) in [6.07, 6.45) is 5.49. The number of nitrogens with one attached hydrogen (secondary N) is 1. The molecule has 172 valence electrons. The lowest BCUT2D eigenvalue weighted by atomic mass is 9.95. The van der Waals surface area contributed by atoms with Crippen LogP contribution in [0.4, 0.5) is 0 Å². The van der Waals surface area contributed by atoms with Crippen LogP contribution in [0.25, 0.3) is 0 Å². The van der Waals surface area contributed by atoms with Gasteiger partial charge in [-0.2, -0.15) is 0 Å². The molecule has 0 aliphatic heterocycles. The topological polar surface area (TPSA) is 67.9 Å². The molecule has 6 nitrogen and oxygen atoms in total. The number of ether oxygens (including phenoxy) is 2. The van der Waals surface area contributed by atoms with Crippen molar-refractivity contribution in [2.45, 2.75) is 64.6 Å². The third-order valence-electron chi connectivity index (χ3n) is 5.99. The highest BCUT2D eigenvalue weighted by molar-refractivity contribution is 5.88. The molecule has 1 fully saturated rings. The zero-order chi connectivity index (χ0) is 22.9. The molecule has 0 radical (unpaired) electrons. The summed E-state index contributed by atoms with van der Waals surface area (Å²) in [4.78, 5) is 27.8. The monoisotopic (exact) mass is 438 g/mol. The van der Waals surface area contributed by atoms with Gasteiger partial charge >= 0.3 is 0 Å². The van der Waals surface area contributed by atoms with Crippen molar-refractivity contribution >= 4 is 11.8 Å². The number of aryl methyl sites for hydroxylation is 1. The van der Waals surface area contributed by atoms with Crippen LogP contribution in [0.2, 0.25) is 0 Å². The van der Waals surface area contributed by atoms with Crippen LogP contribution >= 0.6 is 0 Å². The molecule has 0 saturated heterocycles. The fourth-order valence-electron chi connectivity index (χ4n) is 3.98. The van der Waals surface area contributed by atoms with E-state index in [2.05, 4.69) is 5.32 Å². The summed E-state index contributed by atoms with van der Waals surface area (Å²) in [5.41, 5.74) is 2.02. The predicted molar refractivity (Wildman–Crippen MR) is 125 cm³/mol. The minimum atomic E-state index is -0.614. The first-order valence-electron chi connectivity index (χ1n) is 11.4. The number of carbonyl (C=O) groups excluding carboxylic acids is 2. The van der Waals surface area contributed by atoms with Crippen molar-refractivity contribution in [1.29, 1.82) is 0 Å². The van der Waals surface area contributed by atoms with Gasteiger partial charge in [-0.15, -0.1) is 0 Å². The summed E-state index contributed by atoms with van der Waals surface area (Å²) < 4.78 is 11.0. The zero-order valence-corrected chi connectivity index (χ0v) is 19.3. The van der Waals surface area contributed by atoms with Crippen molar-refractivity contribution in [1.82, 2.24) is 10.2 Å². The third kappa shape index (κ3) is 6.74. The van der Waals surface area contributed by atoms with Gasteiger partial charge in [-0.3, -0.25) is 9.59 Å². The maximum absolute atomic E-state index is 13.2. The SMILES string of the molecule is COc1cccc(CN(C(=O)COc2ccc(C)cc2)[C@@H](C)C(=O)NC2CCCCC2)c1. The van der Waals surface area contributed by atoms with Crippen molar-refractivity contribution in [3.8, 4) is 11.5 Å². The highest BCUT2D eigenvalue weighted by Gasteiger charge is 2.28. The third-order valence-corrected chi connectivity index (χ3v) is 5.99. The van der Waals surface area contributed by atoms with E-state index in [0.29, 0.717) is 18.0 Å². The molecule has 2 aromatic rings. The number of rotatable bonds is 9. The molecule has 2 amide bonds. The van der Waals surface area contributed by atoms with Gasteiger partial charge in [-0.05, 0) is 56.5 Å². The molecule has 32 heavy (non-hydrogen) atoms. The molecule has 1 N–H and O–H groups in total. The van der Waals surface area contributed by atoms with Crippen LogP contribution < -0.4 is 14.8 Å². The largest absolute Gasteiger partial charge is 0.497 e. The molecule has 1 aliphatic carbocycles. The molecule has 2 aromatic carbocycles. The molecule has 0 unspecified atom stereocenters. The van der Waals surface area contributed by atoms with E-state index in [1.165, 1.54) is 6.42 Å². The number of benzene rings is 2. The molecule has 6 heteroatoms. The maximum atomic E-state index is 13.2. The molecule has 1 atom stereocenters. The van der Waals surface area contributed by atoms with Crippen LogP contribution in [0, 0.1) is 6.92 Å².